The summed E-state index contributed by atoms with van der Waals surface area (Å²) in [5.74, 6) is 0.992. The molecule has 140 valence electrons. The van der Waals surface area contributed by atoms with E-state index in [1.54, 1.807) is 24.3 Å². The molecular weight excluding hydrogens is 363 g/mol. The van der Waals surface area contributed by atoms with Crippen LogP contribution in [-0.4, -0.2) is 20.7 Å². The summed E-state index contributed by atoms with van der Waals surface area (Å²) in [4.78, 5) is 12.4. The molecule has 0 bridgehead atoms. The summed E-state index contributed by atoms with van der Waals surface area (Å²) in [7, 11) is 0. The highest BCUT2D eigenvalue weighted by molar-refractivity contribution is 7.98. The molecule has 0 aliphatic rings. The number of carbonyl (C=O) groups is 1. The molecule has 1 N–H and O–H groups in total. The number of hydrogen-bond acceptors (Lipinski definition) is 4. The number of aromatic nitrogens is 3. The van der Waals surface area contributed by atoms with Crippen molar-refractivity contribution in [2.45, 2.75) is 37.3 Å². The van der Waals surface area contributed by atoms with E-state index in [1.807, 2.05) is 36.6 Å². The highest BCUT2D eigenvalue weighted by atomic mass is 32.2. The van der Waals surface area contributed by atoms with Crippen molar-refractivity contribution in [3.63, 3.8) is 0 Å². The molecule has 3 aromatic rings. The Balaban J connectivity index is 1.69. The van der Waals surface area contributed by atoms with Gasteiger partial charge in [-0.25, -0.2) is 4.39 Å². The maximum absolute atomic E-state index is 13.0. The van der Waals surface area contributed by atoms with Gasteiger partial charge in [0.2, 0.25) is 0 Å². The number of amides is 1. The van der Waals surface area contributed by atoms with E-state index in [4.69, 9.17) is 0 Å². The number of carbonyl (C=O) groups excluding carboxylic acids is 1. The van der Waals surface area contributed by atoms with Gasteiger partial charge in [0.15, 0.2) is 11.0 Å². The first kappa shape index (κ1) is 19.1. The Morgan fingerprint density at radius 1 is 1.15 bits per heavy atom. The minimum absolute atomic E-state index is 0.144. The first-order chi connectivity index (χ1) is 13.1. The molecule has 0 spiro atoms. The van der Waals surface area contributed by atoms with Crippen LogP contribution in [0.5, 0.6) is 0 Å². The molecule has 1 aromatic heterocycles. The van der Waals surface area contributed by atoms with Gasteiger partial charge in [0.05, 0.1) is 6.04 Å². The lowest BCUT2D eigenvalue weighted by Crippen LogP contribution is -2.28. The van der Waals surface area contributed by atoms with Crippen LogP contribution in [0, 0.1) is 5.82 Å². The van der Waals surface area contributed by atoms with E-state index < -0.39 is 0 Å². The second-order valence-corrected chi connectivity index (χ2v) is 7.00. The highest BCUT2D eigenvalue weighted by Gasteiger charge is 2.19. The first-order valence-electron chi connectivity index (χ1n) is 8.74. The first-order valence-corrected chi connectivity index (χ1v) is 9.73. The fraction of sp³-hybridized carbons (Fsp3) is 0.250. The third-order valence-corrected chi connectivity index (χ3v) is 5.15. The summed E-state index contributed by atoms with van der Waals surface area (Å²) in [6.07, 6.45) is 0. The number of benzene rings is 2. The van der Waals surface area contributed by atoms with Gasteiger partial charge in [0.1, 0.15) is 5.82 Å². The van der Waals surface area contributed by atoms with Crippen LogP contribution in [-0.2, 0) is 12.3 Å². The standard InChI is InChI=1S/C20H21FN4OS/c1-3-25-18(14(2)22-19(26)16-7-5-4-6-8-16)23-24-20(25)27-13-15-9-11-17(21)12-10-15/h4-12,14H,3,13H2,1-2H3,(H,22,26)/t14-/m0/s1. The van der Waals surface area contributed by atoms with Gasteiger partial charge in [-0.1, -0.05) is 42.1 Å². The van der Waals surface area contributed by atoms with Crippen molar-refractivity contribution in [2.75, 3.05) is 0 Å². The normalized spacial score (nSPS) is 12.0. The lowest BCUT2D eigenvalue weighted by atomic mass is 10.2. The summed E-state index contributed by atoms with van der Waals surface area (Å²) in [5.41, 5.74) is 1.62. The zero-order valence-electron chi connectivity index (χ0n) is 15.2. The van der Waals surface area contributed by atoms with E-state index in [0.717, 1.165) is 10.7 Å². The fourth-order valence-corrected chi connectivity index (χ4v) is 3.65. The topological polar surface area (TPSA) is 59.8 Å². The molecule has 1 amide bonds. The van der Waals surface area contributed by atoms with Crippen molar-refractivity contribution in [3.05, 3.63) is 77.4 Å². The van der Waals surface area contributed by atoms with Gasteiger partial charge in [-0.2, -0.15) is 0 Å². The van der Waals surface area contributed by atoms with Gasteiger partial charge in [-0.05, 0) is 43.7 Å². The van der Waals surface area contributed by atoms with Gasteiger partial charge in [-0.15, -0.1) is 10.2 Å². The average molecular weight is 384 g/mol. The van der Waals surface area contributed by atoms with Crippen LogP contribution >= 0.6 is 11.8 Å². The molecular formula is C20H21FN4OS. The summed E-state index contributed by atoms with van der Waals surface area (Å²) in [5, 5.41) is 12.3. The SMILES string of the molecule is CCn1c(SCc2ccc(F)cc2)nnc1[C@H](C)NC(=O)c1ccccc1. The minimum atomic E-state index is -0.273. The molecule has 0 aliphatic heterocycles. The molecule has 0 unspecified atom stereocenters. The van der Waals surface area contributed by atoms with Crippen LogP contribution in [0.4, 0.5) is 4.39 Å². The van der Waals surface area contributed by atoms with Gasteiger partial charge >= 0.3 is 0 Å². The summed E-state index contributed by atoms with van der Waals surface area (Å²) in [6, 6.07) is 15.2. The van der Waals surface area contributed by atoms with E-state index in [0.29, 0.717) is 23.7 Å². The van der Waals surface area contributed by atoms with Crippen LogP contribution in [0.3, 0.4) is 0 Å². The summed E-state index contributed by atoms with van der Waals surface area (Å²) in [6.45, 7) is 4.60. The van der Waals surface area contributed by atoms with Crippen LogP contribution in [0.25, 0.3) is 0 Å². The van der Waals surface area contributed by atoms with Crippen molar-refractivity contribution in [1.82, 2.24) is 20.1 Å². The van der Waals surface area contributed by atoms with Crippen LogP contribution < -0.4 is 5.32 Å². The Morgan fingerprint density at radius 2 is 1.85 bits per heavy atom. The van der Waals surface area contributed by atoms with Crippen molar-refractivity contribution >= 4 is 17.7 Å². The fourth-order valence-electron chi connectivity index (χ4n) is 2.69. The Kier molecular flexibility index (Phi) is 6.24. The van der Waals surface area contributed by atoms with E-state index >= 15 is 0 Å². The van der Waals surface area contributed by atoms with Crippen molar-refractivity contribution in [1.29, 1.82) is 0 Å². The number of nitrogens with one attached hydrogen (secondary N) is 1. The van der Waals surface area contributed by atoms with E-state index in [-0.39, 0.29) is 17.8 Å². The average Bonchev–Trinajstić information content (AvgIpc) is 3.11. The Labute approximate surface area is 162 Å². The monoisotopic (exact) mass is 384 g/mol. The second-order valence-electron chi connectivity index (χ2n) is 6.06. The third-order valence-electron chi connectivity index (χ3n) is 4.11. The largest absolute Gasteiger partial charge is 0.342 e. The summed E-state index contributed by atoms with van der Waals surface area (Å²) >= 11 is 1.54. The van der Waals surface area contributed by atoms with Gasteiger partial charge < -0.3 is 9.88 Å². The molecule has 3 rings (SSSR count). The van der Waals surface area contributed by atoms with Crippen molar-refractivity contribution in [3.8, 4) is 0 Å². The molecule has 0 radical (unpaired) electrons. The van der Waals surface area contributed by atoms with E-state index in [2.05, 4.69) is 15.5 Å². The highest BCUT2D eigenvalue weighted by Crippen LogP contribution is 2.24. The molecule has 0 fully saturated rings. The van der Waals surface area contributed by atoms with Crippen LogP contribution in [0.15, 0.2) is 59.8 Å². The van der Waals surface area contributed by atoms with Crippen molar-refractivity contribution < 1.29 is 9.18 Å². The zero-order valence-corrected chi connectivity index (χ0v) is 16.0. The molecule has 0 saturated carbocycles. The van der Waals surface area contributed by atoms with Gasteiger partial charge in [0.25, 0.3) is 5.91 Å². The Bertz CT molecular complexity index is 896. The maximum Gasteiger partial charge on any atom is 0.251 e. The zero-order chi connectivity index (χ0) is 19.2. The van der Waals surface area contributed by atoms with Crippen LogP contribution in [0.1, 0.15) is 41.6 Å². The number of thioether (sulfide) groups is 1. The number of halogens is 1. The quantitative estimate of drug-likeness (QED) is 0.620. The number of hydrogen-bond donors (Lipinski definition) is 1. The maximum atomic E-state index is 13.0. The lowest BCUT2D eigenvalue weighted by Gasteiger charge is -2.15. The van der Waals surface area contributed by atoms with E-state index in [1.165, 1.54) is 23.9 Å². The molecule has 27 heavy (non-hydrogen) atoms. The number of nitrogens with zero attached hydrogens (tertiary/aromatic N) is 3. The number of rotatable bonds is 7. The Hall–Kier alpha value is -2.67. The van der Waals surface area contributed by atoms with E-state index in [9.17, 15) is 9.18 Å². The predicted molar refractivity (Wildman–Crippen MR) is 104 cm³/mol. The predicted octanol–water partition coefficient (Wildman–Crippen LogP) is 4.22. The third kappa shape index (κ3) is 4.74. The smallest absolute Gasteiger partial charge is 0.251 e. The second kappa shape index (κ2) is 8.81. The molecule has 0 aliphatic carbocycles. The molecule has 2 aromatic carbocycles. The minimum Gasteiger partial charge on any atom is -0.342 e. The molecule has 1 heterocycles. The van der Waals surface area contributed by atoms with Crippen molar-refractivity contribution in [2.24, 2.45) is 0 Å². The molecule has 7 heteroatoms. The van der Waals surface area contributed by atoms with Gasteiger partial charge in [0, 0.05) is 17.9 Å². The van der Waals surface area contributed by atoms with Crippen LogP contribution in [0.2, 0.25) is 0 Å². The summed E-state index contributed by atoms with van der Waals surface area (Å²) < 4.78 is 15.0. The molecule has 0 saturated heterocycles. The lowest BCUT2D eigenvalue weighted by molar-refractivity contribution is 0.0937. The molecule has 5 nitrogen and oxygen atoms in total. The van der Waals surface area contributed by atoms with Gasteiger partial charge in [-0.3, -0.25) is 4.79 Å². The Morgan fingerprint density at radius 3 is 2.52 bits per heavy atom. The molecule has 1 atom stereocenters.